The molecule has 2 N–H and O–H groups in total. The first-order valence-corrected chi connectivity index (χ1v) is 4.56. The monoisotopic (exact) mass is 180 g/mol. The first-order valence-electron chi connectivity index (χ1n) is 2.41. The number of rotatable bonds is 0. The van der Waals surface area contributed by atoms with Gasteiger partial charge in [0.2, 0.25) is 10.2 Å². The largest absolute Gasteiger partial charge is 0.381 e. The maximum atomic E-state index is 10.5. The van der Waals surface area contributed by atoms with Gasteiger partial charge in [0.1, 0.15) is 0 Å². The van der Waals surface area contributed by atoms with E-state index in [1.807, 2.05) is 0 Å². The molecule has 0 saturated carbocycles. The van der Waals surface area contributed by atoms with E-state index >= 15 is 0 Å². The molecular formula is C4H4O4S2. The van der Waals surface area contributed by atoms with Gasteiger partial charge in [-0.3, -0.25) is 9.59 Å². The van der Waals surface area contributed by atoms with Crippen LogP contribution in [0.1, 0.15) is 0 Å². The lowest BCUT2D eigenvalue weighted by molar-refractivity contribution is -0.133. The first kappa shape index (κ1) is 8.06. The highest BCUT2D eigenvalue weighted by Gasteiger charge is 2.36. The first-order chi connectivity index (χ1) is 4.63. The summed E-state index contributed by atoms with van der Waals surface area (Å²) in [6, 6.07) is 0. The standard InChI is InChI=1S/C4H4O4S2/c5-1-2(6)4(8)10-9-3(1)7/h1-2,5-6H. The summed E-state index contributed by atoms with van der Waals surface area (Å²) in [7, 11) is 1.31. The zero-order valence-corrected chi connectivity index (χ0v) is 6.32. The summed E-state index contributed by atoms with van der Waals surface area (Å²) < 4.78 is 0. The van der Waals surface area contributed by atoms with E-state index < -0.39 is 22.4 Å². The third-order valence-corrected chi connectivity index (χ3v) is 3.12. The van der Waals surface area contributed by atoms with Gasteiger partial charge < -0.3 is 10.2 Å². The molecule has 0 amide bonds. The van der Waals surface area contributed by atoms with Gasteiger partial charge in [0, 0.05) is 0 Å². The van der Waals surface area contributed by atoms with Gasteiger partial charge in [0.25, 0.3) is 0 Å². The fourth-order valence-corrected chi connectivity index (χ4v) is 2.14. The second-order valence-corrected chi connectivity index (χ2v) is 3.83. The molecule has 0 aliphatic carbocycles. The van der Waals surface area contributed by atoms with Crippen LogP contribution in [0.2, 0.25) is 0 Å². The molecule has 0 bridgehead atoms. The number of hydrogen-bond acceptors (Lipinski definition) is 6. The number of hydrogen-bond donors (Lipinski definition) is 2. The van der Waals surface area contributed by atoms with Crippen LogP contribution in [0.4, 0.5) is 0 Å². The Balaban J connectivity index is 2.69. The van der Waals surface area contributed by atoms with Gasteiger partial charge in [-0.2, -0.15) is 0 Å². The van der Waals surface area contributed by atoms with Crippen molar-refractivity contribution in [1.82, 2.24) is 0 Å². The van der Waals surface area contributed by atoms with Gasteiger partial charge in [-0.1, -0.05) is 0 Å². The van der Waals surface area contributed by atoms with Crippen molar-refractivity contribution in [3.63, 3.8) is 0 Å². The molecule has 2 atom stereocenters. The lowest BCUT2D eigenvalue weighted by Crippen LogP contribution is -2.39. The fraction of sp³-hybridized carbons (Fsp3) is 0.500. The molecule has 10 heavy (non-hydrogen) atoms. The highest BCUT2D eigenvalue weighted by molar-refractivity contribution is 8.87. The number of carbonyl (C=O) groups is 2. The third kappa shape index (κ3) is 1.34. The van der Waals surface area contributed by atoms with Crippen molar-refractivity contribution >= 4 is 31.8 Å². The molecule has 6 heteroatoms. The molecule has 4 nitrogen and oxygen atoms in total. The van der Waals surface area contributed by atoms with Gasteiger partial charge in [0.15, 0.2) is 12.2 Å². The smallest absolute Gasteiger partial charge is 0.231 e. The van der Waals surface area contributed by atoms with Crippen LogP contribution in [0.5, 0.6) is 0 Å². The quantitative estimate of drug-likeness (QED) is 0.473. The van der Waals surface area contributed by atoms with Gasteiger partial charge in [-0.25, -0.2) is 0 Å². The minimum Gasteiger partial charge on any atom is -0.381 e. The van der Waals surface area contributed by atoms with Crippen molar-refractivity contribution in [2.75, 3.05) is 0 Å². The number of carbonyl (C=O) groups excluding carboxylic acids is 2. The van der Waals surface area contributed by atoms with Crippen molar-refractivity contribution in [1.29, 1.82) is 0 Å². The predicted molar refractivity (Wildman–Crippen MR) is 37.2 cm³/mol. The molecule has 1 aliphatic rings. The molecule has 1 heterocycles. The van der Waals surface area contributed by atoms with E-state index in [-0.39, 0.29) is 0 Å². The van der Waals surface area contributed by atoms with Crippen molar-refractivity contribution < 1.29 is 19.8 Å². The molecule has 0 spiro atoms. The highest BCUT2D eigenvalue weighted by atomic mass is 33.1. The molecule has 2 unspecified atom stereocenters. The summed E-state index contributed by atoms with van der Waals surface area (Å²) >= 11 is 0. The molecule has 0 radical (unpaired) electrons. The topological polar surface area (TPSA) is 74.6 Å². The lowest BCUT2D eigenvalue weighted by atomic mass is 10.2. The molecule has 0 aromatic heterocycles. The number of aliphatic hydroxyl groups excluding tert-OH is 2. The normalized spacial score (nSPS) is 34.6. The maximum Gasteiger partial charge on any atom is 0.231 e. The van der Waals surface area contributed by atoms with Crippen LogP contribution < -0.4 is 0 Å². The van der Waals surface area contributed by atoms with E-state index in [0.717, 1.165) is 0 Å². The zero-order valence-electron chi connectivity index (χ0n) is 4.68. The number of aliphatic hydroxyl groups is 2. The van der Waals surface area contributed by atoms with Crippen molar-refractivity contribution in [2.24, 2.45) is 0 Å². The average Bonchev–Trinajstić information content (AvgIpc) is 1.93. The Morgan fingerprint density at radius 3 is 1.60 bits per heavy atom. The second-order valence-electron chi connectivity index (χ2n) is 1.69. The molecule has 1 rings (SSSR count). The Hall–Kier alpha value is -0.0400. The van der Waals surface area contributed by atoms with Crippen LogP contribution in [0.15, 0.2) is 0 Å². The average molecular weight is 180 g/mol. The summed E-state index contributed by atoms with van der Waals surface area (Å²) in [6.45, 7) is 0. The maximum absolute atomic E-state index is 10.5. The van der Waals surface area contributed by atoms with Crippen LogP contribution >= 0.6 is 21.6 Å². The zero-order chi connectivity index (χ0) is 7.72. The van der Waals surface area contributed by atoms with Crippen LogP contribution in [-0.4, -0.2) is 32.7 Å². The Bertz CT molecular complexity index is 160. The minimum absolute atomic E-state index is 0.572. The summed E-state index contributed by atoms with van der Waals surface area (Å²) in [5, 5.41) is 16.4. The van der Waals surface area contributed by atoms with E-state index in [2.05, 4.69) is 0 Å². The molecule has 56 valence electrons. The molecule has 0 aromatic carbocycles. The van der Waals surface area contributed by atoms with E-state index in [0.29, 0.717) is 21.6 Å². The third-order valence-electron chi connectivity index (χ3n) is 0.988. The summed E-state index contributed by atoms with van der Waals surface area (Å²) in [5.74, 6) is 0. The van der Waals surface area contributed by atoms with Gasteiger partial charge in [-0.15, -0.1) is 0 Å². The van der Waals surface area contributed by atoms with E-state index in [4.69, 9.17) is 10.2 Å². The van der Waals surface area contributed by atoms with E-state index in [1.54, 1.807) is 0 Å². The molecule has 0 aromatic rings. The van der Waals surface area contributed by atoms with Crippen LogP contribution in [0, 0.1) is 0 Å². The summed E-state index contributed by atoms with van der Waals surface area (Å²) in [4.78, 5) is 21.1. The van der Waals surface area contributed by atoms with E-state index in [9.17, 15) is 9.59 Å². The highest BCUT2D eigenvalue weighted by Crippen LogP contribution is 2.32. The van der Waals surface area contributed by atoms with Crippen LogP contribution in [0.25, 0.3) is 0 Å². The van der Waals surface area contributed by atoms with Crippen LogP contribution in [-0.2, 0) is 9.59 Å². The van der Waals surface area contributed by atoms with Crippen LogP contribution in [0.3, 0.4) is 0 Å². The Morgan fingerprint density at radius 2 is 1.30 bits per heavy atom. The summed E-state index contributed by atoms with van der Waals surface area (Å²) in [6.07, 6.45) is -3.09. The summed E-state index contributed by atoms with van der Waals surface area (Å²) in [5.41, 5.74) is 0. The predicted octanol–water partition coefficient (Wildman–Crippen LogP) is -0.844. The lowest BCUT2D eigenvalue weighted by Gasteiger charge is -2.18. The Kier molecular flexibility index (Phi) is 2.35. The van der Waals surface area contributed by atoms with Gasteiger partial charge >= 0.3 is 0 Å². The Morgan fingerprint density at radius 1 is 1.00 bits per heavy atom. The second kappa shape index (κ2) is 2.91. The molecular weight excluding hydrogens is 176 g/mol. The minimum atomic E-state index is -1.54. The van der Waals surface area contributed by atoms with Crippen molar-refractivity contribution in [3.05, 3.63) is 0 Å². The SMILES string of the molecule is O=C1SSC(=O)C(O)C1O. The van der Waals surface area contributed by atoms with E-state index in [1.165, 1.54) is 0 Å². The van der Waals surface area contributed by atoms with Crippen molar-refractivity contribution in [2.45, 2.75) is 12.2 Å². The molecule has 1 aliphatic heterocycles. The van der Waals surface area contributed by atoms with Gasteiger partial charge in [-0.05, 0) is 21.6 Å². The fourth-order valence-electron chi connectivity index (χ4n) is 0.439. The Labute approximate surface area is 64.4 Å². The molecule has 1 fully saturated rings. The van der Waals surface area contributed by atoms with Gasteiger partial charge in [0.05, 0.1) is 0 Å². The van der Waals surface area contributed by atoms with Crippen molar-refractivity contribution in [3.8, 4) is 0 Å². The molecule has 1 saturated heterocycles.